The molecule has 1 amide bonds. The van der Waals surface area contributed by atoms with Crippen LogP contribution in [0, 0.1) is 5.82 Å². The van der Waals surface area contributed by atoms with Crippen LogP contribution < -0.4 is 10.1 Å². The van der Waals surface area contributed by atoms with Crippen LogP contribution in [-0.4, -0.2) is 25.3 Å². The summed E-state index contributed by atoms with van der Waals surface area (Å²) >= 11 is 0. The maximum absolute atomic E-state index is 12.9. The van der Waals surface area contributed by atoms with Gasteiger partial charge in [0.25, 0.3) is 5.91 Å². The third-order valence-electron chi connectivity index (χ3n) is 3.22. The van der Waals surface area contributed by atoms with Crippen LogP contribution in [0.3, 0.4) is 0 Å². The van der Waals surface area contributed by atoms with Gasteiger partial charge < -0.3 is 14.9 Å². The molecule has 2 aromatic carbocycles. The van der Waals surface area contributed by atoms with E-state index in [0.717, 1.165) is 5.56 Å². The van der Waals surface area contributed by atoms with Gasteiger partial charge in [-0.15, -0.1) is 0 Å². The number of likely N-dealkylation sites (N-methyl/N-ethyl adjacent to an activating group) is 1. The first-order valence-electron chi connectivity index (χ1n) is 7.51. The molecule has 126 valence electrons. The van der Waals surface area contributed by atoms with Crippen LogP contribution in [0.15, 0.2) is 53.7 Å². The van der Waals surface area contributed by atoms with Crippen LogP contribution in [0.1, 0.15) is 18.1 Å². The van der Waals surface area contributed by atoms with Gasteiger partial charge in [-0.2, -0.15) is 0 Å². The van der Waals surface area contributed by atoms with Crippen molar-refractivity contribution in [3.05, 3.63) is 65.5 Å². The normalized spacial score (nSPS) is 11.0. The summed E-state index contributed by atoms with van der Waals surface area (Å²) in [6.45, 7) is 2.52. The van der Waals surface area contributed by atoms with E-state index in [-0.39, 0.29) is 24.0 Å². The predicted molar refractivity (Wildman–Crippen MR) is 89.4 cm³/mol. The summed E-state index contributed by atoms with van der Waals surface area (Å²) in [7, 11) is 1.39. The van der Waals surface area contributed by atoms with Crippen LogP contribution in [0.5, 0.6) is 5.75 Å². The first-order chi connectivity index (χ1) is 11.7. The lowest BCUT2D eigenvalue weighted by Gasteiger charge is -2.12. The Morgan fingerprint density at radius 1 is 1.17 bits per heavy atom. The van der Waals surface area contributed by atoms with Gasteiger partial charge in [-0.3, -0.25) is 4.79 Å². The fourth-order valence-corrected chi connectivity index (χ4v) is 2.12. The predicted octanol–water partition coefficient (Wildman–Crippen LogP) is 2.89. The average Bonchev–Trinajstić information content (AvgIpc) is 2.60. The number of amides is 1. The highest BCUT2D eigenvalue weighted by molar-refractivity contribution is 6.45. The highest BCUT2D eigenvalue weighted by Gasteiger charge is 2.18. The highest BCUT2D eigenvalue weighted by Crippen LogP contribution is 2.16. The van der Waals surface area contributed by atoms with Crippen molar-refractivity contribution in [1.82, 2.24) is 5.32 Å². The monoisotopic (exact) mass is 330 g/mol. The minimum Gasteiger partial charge on any atom is -0.489 e. The molecule has 0 bridgehead atoms. The number of oxime groups is 1. The van der Waals surface area contributed by atoms with E-state index in [1.165, 1.54) is 19.2 Å². The van der Waals surface area contributed by atoms with Gasteiger partial charge in [0.2, 0.25) is 0 Å². The number of nitrogens with zero attached hydrogens (tertiary/aromatic N) is 1. The molecule has 0 heterocycles. The molecule has 24 heavy (non-hydrogen) atoms. The van der Waals surface area contributed by atoms with E-state index in [0.29, 0.717) is 17.9 Å². The Hall–Kier alpha value is -2.89. The van der Waals surface area contributed by atoms with Crippen molar-refractivity contribution in [3.63, 3.8) is 0 Å². The molecule has 0 saturated heterocycles. The van der Waals surface area contributed by atoms with Crippen LogP contribution in [0.4, 0.5) is 4.39 Å². The zero-order valence-corrected chi connectivity index (χ0v) is 13.6. The molecule has 0 radical (unpaired) electrons. The van der Waals surface area contributed by atoms with Crippen molar-refractivity contribution in [2.45, 2.75) is 13.5 Å². The molecule has 0 saturated carbocycles. The second-order valence-electron chi connectivity index (χ2n) is 4.88. The van der Waals surface area contributed by atoms with E-state index in [9.17, 15) is 9.18 Å². The molecule has 0 spiro atoms. The quantitative estimate of drug-likeness (QED) is 0.627. The van der Waals surface area contributed by atoms with E-state index in [1.54, 1.807) is 24.3 Å². The molecule has 2 aromatic rings. The Morgan fingerprint density at radius 3 is 2.54 bits per heavy atom. The molecule has 0 fully saturated rings. The summed E-state index contributed by atoms with van der Waals surface area (Å²) in [4.78, 5) is 17.0. The van der Waals surface area contributed by atoms with Gasteiger partial charge in [0.05, 0.1) is 0 Å². The van der Waals surface area contributed by atoms with Crippen molar-refractivity contribution in [3.8, 4) is 5.75 Å². The van der Waals surface area contributed by atoms with Crippen LogP contribution >= 0.6 is 0 Å². The fourth-order valence-electron chi connectivity index (χ4n) is 2.12. The molecule has 0 aromatic heterocycles. The number of hydrogen-bond donors (Lipinski definition) is 1. The van der Waals surface area contributed by atoms with Gasteiger partial charge in [0.1, 0.15) is 25.3 Å². The summed E-state index contributed by atoms with van der Waals surface area (Å²) < 4.78 is 18.6. The standard InChI is InChI=1S/C18H19FN2O3/c1-3-20-18(22)17(21-23-2)16-7-5-4-6-13(16)12-24-15-10-8-14(19)9-11-15/h4-11H,3,12H2,1-2H3,(H,20,22). The van der Waals surface area contributed by atoms with Crippen molar-refractivity contribution in [2.24, 2.45) is 5.16 Å². The summed E-state index contributed by atoms with van der Waals surface area (Å²) in [6, 6.07) is 13.0. The largest absolute Gasteiger partial charge is 0.489 e. The molecule has 2 rings (SSSR count). The summed E-state index contributed by atoms with van der Waals surface area (Å²) in [5, 5.41) is 6.54. The van der Waals surface area contributed by atoms with E-state index in [2.05, 4.69) is 10.5 Å². The smallest absolute Gasteiger partial charge is 0.273 e. The first-order valence-corrected chi connectivity index (χ1v) is 7.51. The molecule has 6 heteroatoms. The lowest BCUT2D eigenvalue weighted by atomic mass is 10.0. The SMILES string of the molecule is CCNC(=O)C(=NOC)c1ccccc1COc1ccc(F)cc1. The third-order valence-corrected chi connectivity index (χ3v) is 3.22. The number of rotatable bonds is 7. The second kappa shape index (κ2) is 8.67. The van der Waals surface area contributed by atoms with Gasteiger partial charge in [-0.05, 0) is 36.8 Å². The summed E-state index contributed by atoms with van der Waals surface area (Å²) in [5.41, 5.74) is 1.56. The Morgan fingerprint density at radius 2 is 1.88 bits per heavy atom. The van der Waals surface area contributed by atoms with E-state index < -0.39 is 0 Å². The van der Waals surface area contributed by atoms with Gasteiger partial charge in [-0.25, -0.2) is 4.39 Å². The first kappa shape index (κ1) is 17.5. The molecule has 0 aliphatic rings. The van der Waals surface area contributed by atoms with Crippen LogP contribution in [0.2, 0.25) is 0 Å². The van der Waals surface area contributed by atoms with Gasteiger partial charge >= 0.3 is 0 Å². The third kappa shape index (κ3) is 4.55. The lowest BCUT2D eigenvalue weighted by Crippen LogP contribution is -2.32. The molecular weight excluding hydrogens is 311 g/mol. The maximum Gasteiger partial charge on any atom is 0.273 e. The number of nitrogens with one attached hydrogen (secondary N) is 1. The van der Waals surface area contributed by atoms with Gasteiger partial charge in [0, 0.05) is 12.1 Å². The van der Waals surface area contributed by atoms with E-state index in [4.69, 9.17) is 9.57 Å². The summed E-state index contributed by atoms with van der Waals surface area (Å²) in [6.07, 6.45) is 0. The van der Waals surface area contributed by atoms with E-state index in [1.807, 2.05) is 19.1 Å². The topological polar surface area (TPSA) is 59.9 Å². The fraction of sp³-hybridized carbons (Fsp3) is 0.222. The number of carbonyl (C=O) groups is 1. The average molecular weight is 330 g/mol. The van der Waals surface area contributed by atoms with Crippen molar-refractivity contribution in [2.75, 3.05) is 13.7 Å². The van der Waals surface area contributed by atoms with Gasteiger partial charge in [0.15, 0.2) is 5.71 Å². The van der Waals surface area contributed by atoms with Crippen LogP contribution in [-0.2, 0) is 16.2 Å². The minimum atomic E-state index is -0.325. The maximum atomic E-state index is 12.9. The molecule has 0 unspecified atom stereocenters. The van der Waals surface area contributed by atoms with Gasteiger partial charge in [-0.1, -0.05) is 29.4 Å². The zero-order valence-electron chi connectivity index (χ0n) is 13.6. The Bertz CT molecular complexity index is 714. The Kier molecular flexibility index (Phi) is 6.31. The minimum absolute atomic E-state index is 0.178. The number of benzene rings is 2. The van der Waals surface area contributed by atoms with Crippen molar-refractivity contribution < 1.29 is 18.8 Å². The number of ether oxygens (including phenoxy) is 1. The lowest BCUT2D eigenvalue weighted by molar-refractivity contribution is -0.114. The van der Waals surface area contributed by atoms with Crippen molar-refractivity contribution in [1.29, 1.82) is 0 Å². The molecular formula is C18H19FN2O3. The molecule has 0 aliphatic heterocycles. The molecule has 0 atom stereocenters. The van der Waals surface area contributed by atoms with Crippen LogP contribution in [0.25, 0.3) is 0 Å². The highest BCUT2D eigenvalue weighted by atomic mass is 19.1. The van der Waals surface area contributed by atoms with Crippen molar-refractivity contribution >= 4 is 11.6 Å². The number of hydrogen-bond acceptors (Lipinski definition) is 4. The second-order valence-corrected chi connectivity index (χ2v) is 4.88. The number of halogens is 1. The number of carbonyl (C=O) groups excluding carboxylic acids is 1. The van der Waals surface area contributed by atoms with E-state index >= 15 is 0 Å². The Balaban J connectivity index is 2.23. The Labute approximate surface area is 140 Å². The molecule has 0 aliphatic carbocycles. The zero-order chi connectivity index (χ0) is 17.4. The molecule has 1 N–H and O–H groups in total. The molecule has 5 nitrogen and oxygen atoms in total. The summed E-state index contributed by atoms with van der Waals surface area (Å²) in [5.74, 6) is -0.114.